The van der Waals surface area contributed by atoms with Gasteiger partial charge in [-0.25, -0.2) is 0 Å². The summed E-state index contributed by atoms with van der Waals surface area (Å²) < 4.78 is 31.1. The van der Waals surface area contributed by atoms with E-state index in [4.69, 9.17) is 4.55 Å². The number of benzene rings is 2. The summed E-state index contributed by atoms with van der Waals surface area (Å²) in [4.78, 5) is 3.06. The summed E-state index contributed by atoms with van der Waals surface area (Å²) >= 11 is 0.651. The van der Waals surface area contributed by atoms with Crippen LogP contribution in [0.1, 0.15) is 18.1 Å². The Morgan fingerprint density at radius 1 is 1.04 bits per heavy atom. The molecule has 124 valence electrons. The molecule has 0 amide bonds. The monoisotopic (exact) mass is 399 g/mol. The zero-order chi connectivity index (χ0) is 17.2. The van der Waals surface area contributed by atoms with Crippen molar-refractivity contribution in [3.05, 3.63) is 53.6 Å². The molecule has 23 heavy (non-hydrogen) atoms. The van der Waals surface area contributed by atoms with Gasteiger partial charge in [-0.05, 0) is 19.1 Å². The summed E-state index contributed by atoms with van der Waals surface area (Å²) in [6.45, 7) is 6.30. The van der Waals surface area contributed by atoms with Gasteiger partial charge in [-0.2, -0.15) is 8.42 Å². The molecule has 1 aliphatic heterocycles. The zero-order valence-electron chi connectivity index (χ0n) is 13.6. The van der Waals surface area contributed by atoms with Gasteiger partial charge < -0.3 is 0 Å². The van der Waals surface area contributed by atoms with E-state index >= 15 is 0 Å². The topological polar surface area (TPSA) is 57.6 Å². The molecule has 0 saturated heterocycles. The van der Waals surface area contributed by atoms with Gasteiger partial charge in [-0.1, -0.05) is 17.7 Å². The van der Waals surface area contributed by atoms with Crippen LogP contribution in [-0.2, 0) is 10.1 Å². The number of fused-ring (bicyclic) bond motifs is 1. The fourth-order valence-electron chi connectivity index (χ4n) is 2.17. The van der Waals surface area contributed by atoms with Crippen LogP contribution in [0.4, 0.5) is 5.69 Å². The molecule has 0 radical (unpaired) electrons. The Hall–Kier alpha value is -1.33. The second-order valence-corrected chi connectivity index (χ2v) is 9.86. The number of hydrogen-bond donors (Lipinski definition) is 1. The van der Waals surface area contributed by atoms with Gasteiger partial charge in [0.25, 0.3) is 10.1 Å². The predicted octanol–water partition coefficient (Wildman–Crippen LogP) is 2.36. The van der Waals surface area contributed by atoms with Gasteiger partial charge in [0.1, 0.15) is 0 Å². The molecule has 6 heteroatoms. The first-order valence-corrected chi connectivity index (χ1v) is 10.5. The van der Waals surface area contributed by atoms with Crippen LogP contribution in [0.15, 0.2) is 47.4 Å². The van der Waals surface area contributed by atoms with E-state index in [0.717, 1.165) is 10.5 Å². The quantitative estimate of drug-likeness (QED) is 0.592. The van der Waals surface area contributed by atoms with E-state index in [9.17, 15) is 8.42 Å². The molecule has 1 unspecified atom stereocenters. The molecule has 2 aromatic rings. The standard InChI is InChI=1S/C10H13NSe.C7H8O3S/c1-7-4-5-10-9(6-7)11(3)8(2)12-10;1-6-2-4-7(5-3-6)11(8,9)10/h4-6,8H,1-3H3;2-5H,1H3,(H,8,9,10). The van der Waals surface area contributed by atoms with E-state index in [1.807, 2.05) is 6.92 Å². The van der Waals surface area contributed by atoms with Crippen molar-refractivity contribution in [1.82, 2.24) is 0 Å². The van der Waals surface area contributed by atoms with Crippen LogP contribution in [0.2, 0.25) is 0 Å². The van der Waals surface area contributed by atoms with Gasteiger partial charge in [0.2, 0.25) is 0 Å². The van der Waals surface area contributed by atoms with Gasteiger partial charge >= 0.3 is 79.6 Å². The van der Waals surface area contributed by atoms with Crippen molar-refractivity contribution >= 4 is 35.2 Å². The van der Waals surface area contributed by atoms with Crippen molar-refractivity contribution in [2.45, 2.75) is 30.6 Å². The third-order valence-electron chi connectivity index (χ3n) is 3.66. The third kappa shape index (κ3) is 4.58. The van der Waals surface area contributed by atoms with Crippen molar-refractivity contribution in [2.75, 3.05) is 11.9 Å². The Labute approximate surface area is 144 Å². The van der Waals surface area contributed by atoms with Gasteiger partial charge in [-0.3, -0.25) is 4.55 Å². The summed E-state index contributed by atoms with van der Waals surface area (Å²) in [5.74, 6) is 0. The molecule has 1 N–H and O–H groups in total. The van der Waals surface area contributed by atoms with Crippen LogP contribution in [0.5, 0.6) is 0 Å². The van der Waals surface area contributed by atoms with Crippen molar-refractivity contribution < 1.29 is 13.0 Å². The molecule has 4 nitrogen and oxygen atoms in total. The molecule has 1 atom stereocenters. The average molecular weight is 398 g/mol. The molecule has 2 aromatic carbocycles. The van der Waals surface area contributed by atoms with E-state index in [0.29, 0.717) is 15.0 Å². The summed E-state index contributed by atoms with van der Waals surface area (Å²) in [7, 11) is -1.83. The minimum absolute atomic E-state index is 0.0666. The average Bonchev–Trinajstić information content (AvgIpc) is 2.75. The predicted molar refractivity (Wildman–Crippen MR) is 95.4 cm³/mol. The van der Waals surface area contributed by atoms with Gasteiger partial charge in [-0.15, -0.1) is 0 Å². The Bertz CT molecular complexity index is 788. The molecular formula is C17H21NO3SSe. The number of anilines is 1. The van der Waals surface area contributed by atoms with Crippen LogP contribution in [0.3, 0.4) is 0 Å². The van der Waals surface area contributed by atoms with Crippen LogP contribution in [0, 0.1) is 13.8 Å². The maximum absolute atomic E-state index is 10.5. The molecule has 1 heterocycles. The number of hydrogen-bond acceptors (Lipinski definition) is 3. The Kier molecular flexibility index (Phi) is 5.53. The van der Waals surface area contributed by atoms with E-state index in [2.05, 4.69) is 44.0 Å². The summed E-state index contributed by atoms with van der Waals surface area (Å²) in [6, 6.07) is 12.8. The summed E-state index contributed by atoms with van der Waals surface area (Å²) in [5.41, 5.74) is 3.77. The number of nitrogens with zero attached hydrogens (tertiary/aromatic N) is 1. The first-order valence-electron chi connectivity index (χ1n) is 7.23. The maximum atomic E-state index is 10.5. The van der Waals surface area contributed by atoms with Crippen molar-refractivity contribution in [2.24, 2.45) is 0 Å². The van der Waals surface area contributed by atoms with E-state index in [-0.39, 0.29) is 4.90 Å². The van der Waals surface area contributed by atoms with Crippen LogP contribution in [0.25, 0.3) is 0 Å². The van der Waals surface area contributed by atoms with Gasteiger partial charge in [0, 0.05) is 0 Å². The third-order valence-corrected chi connectivity index (χ3v) is 7.16. The fraction of sp³-hybridized carbons (Fsp3) is 0.294. The van der Waals surface area contributed by atoms with E-state index in [1.54, 1.807) is 16.6 Å². The van der Waals surface area contributed by atoms with Crippen molar-refractivity contribution in [1.29, 1.82) is 0 Å². The molecule has 0 aromatic heterocycles. The zero-order valence-corrected chi connectivity index (χ0v) is 16.2. The van der Waals surface area contributed by atoms with Crippen LogP contribution in [-0.4, -0.2) is 39.9 Å². The van der Waals surface area contributed by atoms with Crippen molar-refractivity contribution in [3.8, 4) is 0 Å². The fourth-order valence-corrected chi connectivity index (χ4v) is 4.98. The van der Waals surface area contributed by atoms with Crippen molar-refractivity contribution in [3.63, 3.8) is 0 Å². The number of aryl methyl sites for hydroxylation is 2. The van der Waals surface area contributed by atoms with E-state index < -0.39 is 10.1 Å². The normalized spacial score (nSPS) is 16.6. The second-order valence-electron chi connectivity index (χ2n) is 5.59. The van der Waals surface area contributed by atoms with E-state index in [1.165, 1.54) is 23.4 Å². The molecule has 0 aliphatic carbocycles. The first-order chi connectivity index (χ1) is 10.7. The van der Waals surface area contributed by atoms with Crippen LogP contribution < -0.4 is 9.36 Å². The molecule has 0 spiro atoms. The number of rotatable bonds is 1. The van der Waals surface area contributed by atoms with Crippen LogP contribution >= 0.6 is 0 Å². The molecule has 0 fully saturated rings. The second kappa shape index (κ2) is 7.05. The van der Waals surface area contributed by atoms with Gasteiger partial charge in [0.05, 0.1) is 4.90 Å². The first kappa shape index (κ1) is 18.0. The van der Waals surface area contributed by atoms with Gasteiger partial charge in [0.15, 0.2) is 0 Å². The Morgan fingerprint density at radius 2 is 1.61 bits per heavy atom. The molecule has 3 rings (SSSR count). The molecule has 0 saturated carbocycles. The summed E-state index contributed by atoms with van der Waals surface area (Å²) in [6.07, 6.45) is 0. The summed E-state index contributed by atoms with van der Waals surface area (Å²) in [5, 5.41) is 0. The molecule has 0 bridgehead atoms. The SMILES string of the molecule is Cc1ccc(S(=O)(=O)O)cc1.Cc1ccc2c(c1)N(C)C(C)[Se]2. The molecular weight excluding hydrogens is 377 g/mol. The molecule has 1 aliphatic rings. The Morgan fingerprint density at radius 3 is 2.17 bits per heavy atom. The Balaban J connectivity index is 0.000000168. The minimum atomic E-state index is -4.02.